The van der Waals surface area contributed by atoms with Crippen molar-refractivity contribution in [2.45, 2.75) is 40.2 Å². The van der Waals surface area contributed by atoms with Crippen LogP contribution in [0.15, 0.2) is 113 Å². The monoisotopic (exact) mass is 662 g/mol. The number of nitrogens with one attached hydrogen (secondary N) is 1. The van der Waals surface area contributed by atoms with Gasteiger partial charge in [0.25, 0.3) is 11.6 Å². The molecule has 0 aliphatic carbocycles. The Kier molecular flexibility index (Phi) is 9.30. The van der Waals surface area contributed by atoms with E-state index in [1.165, 1.54) is 35.1 Å². The van der Waals surface area contributed by atoms with Gasteiger partial charge in [0.1, 0.15) is 0 Å². The maximum atomic E-state index is 14.5. The molecule has 4 aromatic rings. The molecule has 0 spiro atoms. The molecule has 45 heavy (non-hydrogen) atoms. The minimum Gasteiger partial charge on any atom is -0.451 e. The maximum absolute atomic E-state index is 14.5. The molecule has 11 heteroatoms. The number of thioether (sulfide) groups is 1. The third-order valence-corrected chi connectivity index (χ3v) is 10.8. The van der Waals surface area contributed by atoms with E-state index in [1.54, 1.807) is 0 Å². The van der Waals surface area contributed by atoms with Crippen LogP contribution in [-0.4, -0.2) is 65.0 Å². The topological polar surface area (TPSA) is 94.2 Å². The van der Waals surface area contributed by atoms with Gasteiger partial charge in [-0.15, -0.1) is 34.7 Å². The quantitative estimate of drug-likeness (QED) is 0.0993. The van der Waals surface area contributed by atoms with E-state index >= 15 is 0 Å². The summed E-state index contributed by atoms with van der Waals surface area (Å²) in [7, 11) is 1.33. The van der Waals surface area contributed by atoms with Crippen molar-refractivity contribution in [1.82, 2.24) is 10.2 Å². The predicted octanol–water partition coefficient (Wildman–Crippen LogP) is 5.42. The lowest BCUT2D eigenvalue weighted by atomic mass is 9.87. The second-order valence-corrected chi connectivity index (χ2v) is 13.6. The number of methoxy groups -OCH3 is 1. The van der Waals surface area contributed by atoms with Crippen molar-refractivity contribution in [3.05, 3.63) is 125 Å². The Morgan fingerprint density at radius 1 is 1.00 bits per heavy atom. The number of fused-ring (bicyclic) bond motifs is 1. The highest BCUT2D eigenvalue weighted by atomic mass is 35.5. The highest BCUT2D eigenvalue weighted by Crippen LogP contribution is 2.49. The number of rotatable bonds is 11. The molecule has 1 N–H and O–H groups in total. The Hall–Kier alpha value is -3.67. The van der Waals surface area contributed by atoms with E-state index in [2.05, 4.69) is 5.32 Å². The van der Waals surface area contributed by atoms with E-state index in [-0.39, 0.29) is 18.9 Å². The van der Waals surface area contributed by atoms with Crippen LogP contribution in [-0.2, 0) is 35.0 Å². The van der Waals surface area contributed by atoms with Crippen LogP contribution in [0.3, 0.4) is 0 Å². The lowest BCUT2D eigenvalue weighted by Gasteiger charge is -2.61. The van der Waals surface area contributed by atoms with E-state index < -0.39 is 46.6 Å². The number of carbonyl (C=O) groups excluding carboxylic acids is 3. The minimum absolute atomic E-state index is 0.0163. The molecule has 2 aliphatic heterocycles. The Balaban J connectivity index is 1.35. The summed E-state index contributed by atoms with van der Waals surface area (Å²) in [6, 6.07) is 30.9. The summed E-state index contributed by atoms with van der Waals surface area (Å²) < 4.78 is 17.2. The normalized spacial score (nSPS) is 24.1. The van der Waals surface area contributed by atoms with Gasteiger partial charge in [0, 0.05) is 22.8 Å². The fraction of sp³-hybridized carbons (Fsp3) is 0.265. The number of halogens is 1. The first-order valence-corrected chi connectivity index (χ1v) is 16.6. The second kappa shape index (κ2) is 13.4. The molecule has 1 aromatic heterocycles. The molecule has 3 heterocycles. The van der Waals surface area contributed by atoms with Crippen LogP contribution in [0.25, 0.3) is 0 Å². The number of alkyl halides is 1. The van der Waals surface area contributed by atoms with Gasteiger partial charge in [0.05, 0.1) is 17.8 Å². The summed E-state index contributed by atoms with van der Waals surface area (Å²) in [5.74, 6) is -1.70. The zero-order valence-electron chi connectivity index (χ0n) is 24.3. The number of hydrogen-bond acceptors (Lipinski definition) is 8. The second-order valence-electron chi connectivity index (χ2n) is 10.8. The molecule has 2 fully saturated rings. The molecular weight excluding hydrogens is 632 g/mol. The smallest absolute Gasteiger partial charge is 0.331 e. The SMILES string of the molecule is CO[C@@]1(NC(=O)Cc2cccs2)C(=O)N2[C@@H](C(=O)OC(c3ccccc3)c3ccccc3)[C@](CCl)(Sc3ccccc3)CO[C@@H]21. The van der Waals surface area contributed by atoms with Crippen molar-refractivity contribution in [2.75, 3.05) is 19.6 Å². The van der Waals surface area contributed by atoms with Gasteiger partial charge < -0.3 is 19.5 Å². The first-order chi connectivity index (χ1) is 21.9. The molecule has 4 atom stereocenters. The van der Waals surface area contributed by atoms with Gasteiger partial charge in [0.15, 0.2) is 18.4 Å². The average molecular weight is 663 g/mol. The van der Waals surface area contributed by atoms with Crippen molar-refractivity contribution < 1.29 is 28.6 Å². The number of carbonyl (C=O) groups is 3. The lowest BCUT2D eigenvalue weighted by molar-refractivity contribution is -0.288. The molecule has 0 bridgehead atoms. The van der Waals surface area contributed by atoms with Crippen LogP contribution in [0.5, 0.6) is 0 Å². The average Bonchev–Trinajstić information content (AvgIpc) is 3.59. The zero-order valence-corrected chi connectivity index (χ0v) is 26.7. The number of hydrogen-bond donors (Lipinski definition) is 1. The molecule has 0 radical (unpaired) electrons. The van der Waals surface area contributed by atoms with Crippen LogP contribution >= 0.6 is 34.7 Å². The summed E-state index contributed by atoms with van der Waals surface area (Å²) in [5.41, 5.74) is -0.259. The fourth-order valence-electron chi connectivity index (χ4n) is 5.75. The highest BCUT2D eigenvalue weighted by molar-refractivity contribution is 8.01. The molecule has 2 amide bonds. The van der Waals surface area contributed by atoms with E-state index in [1.807, 2.05) is 109 Å². The highest BCUT2D eigenvalue weighted by Gasteiger charge is 2.72. The first kappa shape index (κ1) is 31.3. The van der Waals surface area contributed by atoms with Gasteiger partial charge in [-0.05, 0) is 34.7 Å². The van der Waals surface area contributed by atoms with Crippen molar-refractivity contribution in [2.24, 2.45) is 0 Å². The Morgan fingerprint density at radius 3 is 2.18 bits per heavy atom. The van der Waals surface area contributed by atoms with Crippen LogP contribution < -0.4 is 5.32 Å². The number of benzene rings is 3. The molecule has 0 saturated carbocycles. The lowest BCUT2D eigenvalue weighted by Crippen LogP contribution is -2.88. The number of esters is 1. The molecule has 3 aromatic carbocycles. The fourth-order valence-corrected chi connectivity index (χ4v) is 8.11. The van der Waals surface area contributed by atoms with Crippen LogP contribution in [0, 0.1) is 0 Å². The van der Waals surface area contributed by atoms with Gasteiger partial charge in [-0.25, -0.2) is 4.79 Å². The van der Waals surface area contributed by atoms with Crippen LogP contribution in [0.4, 0.5) is 0 Å². The first-order valence-electron chi connectivity index (χ1n) is 14.3. The van der Waals surface area contributed by atoms with Crippen molar-refractivity contribution in [3.63, 3.8) is 0 Å². The van der Waals surface area contributed by atoms with Gasteiger partial charge in [-0.3, -0.25) is 14.5 Å². The number of amides is 2. The van der Waals surface area contributed by atoms with Gasteiger partial charge in [0.2, 0.25) is 5.91 Å². The summed E-state index contributed by atoms with van der Waals surface area (Å²) >= 11 is 9.50. The largest absolute Gasteiger partial charge is 0.451 e. The summed E-state index contributed by atoms with van der Waals surface area (Å²) in [4.78, 5) is 44.7. The molecule has 6 rings (SSSR count). The number of nitrogens with zero attached hydrogens (tertiary/aromatic N) is 1. The molecule has 8 nitrogen and oxygen atoms in total. The third kappa shape index (κ3) is 6.01. The van der Waals surface area contributed by atoms with E-state index in [0.717, 1.165) is 20.9 Å². The molecule has 2 aliphatic rings. The molecule has 2 saturated heterocycles. The molecule has 232 valence electrons. The minimum atomic E-state index is -1.80. The molecule has 0 unspecified atom stereocenters. The van der Waals surface area contributed by atoms with E-state index in [4.69, 9.17) is 25.8 Å². The van der Waals surface area contributed by atoms with Gasteiger partial charge in [-0.2, -0.15) is 0 Å². The summed E-state index contributed by atoms with van der Waals surface area (Å²) in [6.45, 7) is -0.0163. The summed E-state index contributed by atoms with van der Waals surface area (Å²) in [6.07, 6.45) is -1.76. The Morgan fingerprint density at radius 2 is 1.62 bits per heavy atom. The van der Waals surface area contributed by atoms with E-state index in [0.29, 0.717) is 0 Å². The zero-order chi connectivity index (χ0) is 31.4. The third-order valence-electron chi connectivity index (χ3n) is 7.93. The van der Waals surface area contributed by atoms with Crippen molar-refractivity contribution >= 4 is 52.5 Å². The standard InChI is InChI=1S/C34H31ClN2O6S2/c1-41-34(36-27(38)20-26-18-11-19-44-26)31(40)37-29(33(21-35,22-42-32(34)37)45-25-16-9-4-10-17-25)30(39)43-28(23-12-5-2-6-13-23)24-14-7-3-8-15-24/h2-19,28-29,32H,20-22H2,1H3,(H,36,38)/t29-,32+,33+,34-/m0/s1. The van der Waals surface area contributed by atoms with Crippen molar-refractivity contribution in [1.29, 1.82) is 0 Å². The van der Waals surface area contributed by atoms with Gasteiger partial charge >= 0.3 is 5.97 Å². The number of ether oxygens (including phenoxy) is 3. The van der Waals surface area contributed by atoms with Crippen molar-refractivity contribution in [3.8, 4) is 0 Å². The van der Waals surface area contributed by atoms with Crippen LogP contribution in [0.2, 0.25) is 0 Å². The Labute approximate surface area is 274 Å². The number of thiophene rings is 1. The van der Waals surface area contributed by atoms with Crippen LogP contribution in [0.1, 0.15) is 22.1 Å². The van der Waals surface area contributed by atoms with Gasteiger partial charge in [-0.1, -0.05) is 84.9 Å². The number of β-lactam (4-membered cyclic amide) rings is 1. The maximum Gasteiger partial charge on any atom is 0.331 e. The predicted molar refractivity (Wildman–Crippen MR) is 173 cm³/mol. The molecular formula is C34H31ClN2O6S2. The van der Waals surface area contributed by atoms with E-state index in [9.17, 15) is 14.4 Å². The summed E-state index contributed by atoms with van der Waals surface area (Å²) in [5, 5.41) is 4.63. The Bertz CT molecular complexity index is 1590.